The Morgan fingerprint density at radius 2 is 0.667 bits per heavy atom. The number of aliphatic carboxylic acids is 2. The van der Waals surface area contributed by atoms with Gasteiger partial charge in [-0.05, 0) is 120 Å². The van der Waals surface area contributed by atoms with E-state index < -0.39 is 259 Å². The number of carboxylic acids is 2. The monoisotopic (exact) mass is 1630 g/mol. The maximum absolute atomic E-state index is 13.9. The van der Waals surface area contributed by atoms with Crippen LogP contribution in [0.1, 0.15) is 182 Å². The highest BCUT2D eigenvalue weighted by molar-refractivity contribution is 6.01. The topological polar surface area (TPSA) is 659 Å². The first kappa shape index (κ1) is 104. The third-order valence-electron chi connectivity index (χ3n) is 18.1. The fraction of sp³-hybridized carbons (Fsp3) is 0.753. The molecule has 0 radical (unpaired) electrons. The second-order valence-electron chi connectivity index (χ2n) is 30.7. The van der Waals surface area contributed by atoms with Crippen LogP contribution < -0.4 is 102 Å². The van der Waals surface area contributed by atoms with Gasteiger partial charge in [-0.15, -0.1) is 0 Å². The molecule has 0 rings (SSSR count). The number of hydrogen-bond donors (Lipinski definition) is 23. The van der Waals surface area contributed by atoms with Gasteiger partial charge in [0.05, 0.1) is 44.8 Å². The van der Waals surface area contributed by atoms with Crippen molar-refractivity contribution in [2.45, 2.75) is 273 Å². The average molecular weight is 1630 g/mol. The zero-order chi connectivity index (χ0) is 87.7. The van der Waals surface area contributed by atoms with E-state index >= 15 is 0 Å². The van der Waals surface area contributed by atoms with Gasteiger partial charge in [-0.3, -0.25) is 81.5 Å². The largest absolute Gasteiger partial charge is 0.481 e. The molecule has 0 unspecified atom stereocenters. The van der Waals surface area contributed by atoms with Gasteiger partial charge in [0.1, 0.15) is 78.5 Å². The maximum atomic E-state index is 13.9. The van der Waals surface area contributed by atoms with Gasteiger partial charge in [-0.1, -0.05) is 110 Å². The predicted molar refractivity (Wildman–Crippen MR) is 416 cm³/mol. The molecule has 16 atom stereocenters. The number of aliphatic hydroxyl groups excluding tert-OH is 2. The van der Waals surface area contributed by atoms with Crippen molar-refractivity contribution in [1.29, 1.82) is 0 Å². The lowest BCUT2D eigenvalue weighted by Crippen LogP contribution is -2.61. The van der Waals surface area contributed by atoms with Gasteiger partial charge in [-0.2, -0.15) is 0 Å². The number of hydrogen-bond acceptors (Lipinski definition) is 23. The quantitative estimate of drug-likeness (QED) is 0.0252. The molecule has 0 saturated heterocycles. The minimum Gasteiger partial charge on any atom is -0.481 e. The Morgan fingerprint density at radius 1 is 0.333 bits per heavy atom. The summed E-state index contributed by atoms with van der Waals surface area (Å²) < 4.78 is 0. The Bertz CT molecular complexity index is 3230. The molecule has 41 heteroatoms. The van der Waals surface area contributed by atoms with Crippen LogP contribution in [0.25, 0.3) is 0 Å². The van der Waals surface area contributed by atoms with Gasteiger partial charge in [0.15, 0.2) is 0 Å². The van der Waals surface area contributed by atoms with Gasteiger partial charge < -0.3 is 123 Å². The first-order valence-electron chi connectivity index (χ1n) is 38.7. The van der Waals surface area contributed by atoms with Crippen molar-refractivity contribution in [3.63, 3.8) is 0 Å². The predicted octanol–water partition coefficient (Wildman–Crippen LogP) is -6.04. The Morgan fingerprint density at radius 3 is 1.06 bits per heavy atom. The highest BCUT2D eigenvalue weighted by Gasteiger charge is 2.39. The molecule has 0 aliphatic carbocycles. The summed E-state index contributed by atoms with van der Waals surface area (Å²) >= 11 is 0. The molecular formula is C73H131N19O22. The van der Waals surface area contributed by atoms with Gasteiger partial charge in [0.2, 0.25) is 94.5 Å². The van der Waals surface area contributed by atoms with E-state index in [0.717, 1.165) is 0 Å². The Balaban J connectivity index is 5.94. The van der Waals surface area contributed by atoms with Gasteiger partial charge >= 0.3 is 11.9 Å². The van der Waals surface area contributed by atoms with E-state index in [1.54, 1.807) is 69.2 Å². The second kappa shape index (κ2) is 53.4. The number of nitrogens with two attached hydrogens (primary N) is 3. The molecule has 114 heavy (non-hydrogen) atoms. The molecule has 0 aliphatic rings. The van der Waals surface area contributed by atoms with Crippen molar-refractivity contribution >= 4 is 106 Å². The Hall–Kier alpha value is -9.74. The summed E-state index contributed by atoms with van der Waals surface area (Å²) in [6.07, 6.45) is 0.104. The van der Waals surface area contributed by atoms with Crippen LogP contribution in [0.4, 0.5) is 0 Å². The van der Waals surface area contributed by atoms with Crippen molar-refractivity contribution in [3.8, 4) is 0 Å². The lowest BCUT2D eigenvalue weighted by molar-refractivity contribution is -0.144. The number of nitrogens with one attached hydrogen (secondary N) is 16. The van der Waals surface area contributed by atoms with Crippen molar-refractivity contribution in [2.24, 2.45) is 58.6 Å². The molecule has 0 spiro atoms. The molecule has 0 heterocycles. The van der Waals surface area contributed by atoms with Crippen LogP contribution >= 0.6 is 0 Å². The molecule has 0 aliphatic heterocycles. The maximum Gasteiger partial charge on any atom is 0.326 e. The molecule has 0 aromatic heterocycles. The Labute approximate surface area is 666 Å². The lowest BCUT2D eigenvalue weighted by Gasteiger charge is -2.30. The second-order valence-corrected chi connectivity index (χ2v) is 30.7. The standard InChI is InChI=1S/C73H131N19O22/c1-18-40(14)58(73(113)114)91-72(112)59(43(17)94)92-65(105)46(27-34(2)3)84-61(101)42(16)81-67(107)49(33-93)86-63(103)45(24-20-22-26-75)82-51(96)32-79-68(108)54(36(6)7)87-66(106)48(29-53(98)99)83-52(97)31-77-60(100)41(15)80-50(95)30-78-69(109)55(37(8)9)89-71(111)57(39(12)13)90-70(110)56(38(10)11)88-64(104)47(28-35(4)5)85-62(102)44(76)23-19-21-25-74/h34-49,54-59,93-94H,18-33,74-76H2,1-17H3,(H,77,100)(H,78,109)(H,79,108)(H,80,95)(H,81,107)(H,82,96)(H,83,97)(H,84,101)(H,85,102)(H,86,103)(H,87,106)(H,88,104)(H,89,111)(H,90,110)(H,91,112)(H,92,105)(H,98,99)(H,113,114)/t40-,41-,42-,43+,44-,45-,46-,47-,48-,49-,54-,55-,56-,57-,58-,59-/m0/s1. The normalized spacial score (nSPS) is 15.6. The molecule has 0 bridgehead atoms. The highest BCUT2D eigenvalue weighted by atomic mass is 16.4. The van der Waals surface area contributed by atoms with E-state index in [4.69, 9.17) is 17.2 Å². The summed E-state index contributed by atoms with van der Waals surface area (Å²) in [5.74, 6) is -20.8. The summed E-state index contributed by atoms with van der Waals surface area (Å²) in [4.78, 5) is 239. The van der Waals surface area contributed by atoms with E-state index in [0.29, 0.717) is 38.6 Å². The smallest absolute Gasteiger partial charge is 0.326 e. The van der Waals surface area contributed by atoms with Crippen molar-refractivity contribution in [1.82, 2.24) is 85.1 Å². The fourth-order valence-electron chi connectivity index (χ4n) is 11.1. The number of rotatable bonds is 55. The SMILES string of the molecule is CC[C@H](C)[C@H](NC(=O)[C@@H](NC(=O)[C@H](CC(C)C)NC(=O)[C@H](C)NC(=O)[C@H](CO)NC(=O)[C@H](CCCCN)NC(=O)CNC(=O)[C@@H](NC(=O)[C@H](CC(=O)O)NC(=O)CNC(=O)[C@H](C)NC(=O)CNC(=O)[C@@H](NC(=O)[C@@H](NC(=O)[C@@H](NC(=O)[C@H](CC(C)C)NC(=O)[C@@H](N)CCCCN)C(C)C)C(C)C)C(C)C)C(C)C)[C@@H](C)O)C(=O)O. The number of carboxylic acid groups (broad SMARTS) is 2. The third-order valence-corrected chi connectivity index (χ3v) is 18.1. The van der Waals surface area contributed by atoms with Crippen molar-refractivity contribution < 1.29 is 107 Å². The zero-order valence-electron chi connectivity index (χ0n) is 68.9. The first-order valence-corrected chi connectivity index (χ1v) is 38.7. The van der Waals surface area contributed by atoms with Gasteiger partial charge in [-0.25, -0.2) is 4.79 Å². The molecule has 650 valence electrons. The molecule has 0 aromatic carbocycles. The van der Waals surface area contributed by atoms with Crippen LogP contribution in [-0.2, 0) is 86.3 Å². The number of carbonyl (C=O) groups is 18. The summed E-state index contributed by atoms with van der Waals surface area (Å²) in [7, 11) is 0. The van der Waals surface area contributed by atoms with E-state index in [9.17, 15) is 107 Å². The van der Waals surface area contributed by atoms with E-state index in [-0.39, 0.29) is 44.1 Å². The van der Waals surface area contributed by atoms with E-state index in [1.807, 2.05) is 13.8 Å². The fourth-order valence-corrected chi connectivity index (χ4v) is 11.1. The van der Waals surface area contributed by atoms with Crippen LogP contribution in [0.3, 0.4) is 0 Å². The zero-order valence-corrected chi connectivity index (χ0v) is 68.9. The highest BCUT2D eigenvalue weighted by Crippen LogP contribution is 2.15. The van der Waals surface area contributed by atoms with Crippen LogP contribution in [0, 0.1) is 41.4 Å². The third kappa shape index (κ3) is 39.3. The van der Waals surface area contributed by atoms with Crippen molar-refractivity contribution in [3.05, 3.63) is 0 Å². The minimum atomic E-state index is -1.87. The summed E-state index contributed by atoms with van der Waals surface area (Å²) in [6.45, 7) is 23.9. The molecule has 41 nitrogen and oxygen atoms in total. The molecule has 0 fully saturated rings. The summed E-state index contributed by atoms with van der Waals surface area (Å²) in [5, 5.41) is 78.8. The number of unbranched alkanes of at least 4 members (excludes halogenated alkanes) is 2. The molecule has 26 N–H and O–H groups in total. The van der Waals surface area contributed by atoms with Gasteiger partial charge in [0, 0.05) is 0 Å². The molecular weight excluding hydrogens is 1490 g/mol. The first-order chi connectivity index (χ1) is 53.1. The lowest BCUT2D eigenvalue weighted by atomic mass is 9.97. The minimum absolute atomic E-state index is 0.0212. The van der Waals surface area contributed by atoms with Crippen LogP contribution in [0.5, 0.6) is 0 Å². The molecule has 0 aromatic rings. The Kier molecular flexibility index (Phi) is 48.8. The summed E-state index contributed by atoms with van der Waals surface area (Å²) in [5.41, 5.74) is 17.3. The number of carbonyl (C=O) groups excluding carboxylic acids is 16. The summed E-state index contributed by atoms with van der Waals surface area (Å²) in [6, 6.07) is -19.4. The van der Waals surface area contributed by atoms with E-state index in [2.05, 4.69) is 85.1 Å². The van der Waals surface area contributed by atoms with Crippen LogP contribution in [0.2, 0.25) is 0 Å². The average Bonchev–Trinajstić information content (AvgIpc) is 0.843. The van der Waals surface area contributed by atoms with Crippen molar-refractivity contribution in [2.75, 3.05) is 39.3 Å². The number of aliphatic hydroxyl groups is 2. The van der Waals surface area contributed by atoms with Gasteiger partial charge in [0.25, 0.3) is 0 Å². The number of amides is 16. The van der Waals surface area contributed by atoms with E-state index in [1.165, 1.54) is 34.6 Å². The molecule has 0 saturated carbocycles. The van der Waals surface area contributed by atoms with Crippen LogP contribution in [0.15, 0.2) is 0 Å². The van der Waals surface area contributed by atoms with Crippen LogP contribution in [-0.4, -0.2) is 257 Å². The molecule has 16 amide bonds.